The van der Waals surface area contributed by atoms with E-state index < -0.39 is 15.2 Å². The number of sulfone groups is 1. The normalized spacial score (nSPS) is 21.0. The van der Waals surface area contributed by atoms with E-state index in [1.54, 1.807) is 16.9 Å². The maximum Gasteiger partial charge on any atom is 0.253 e. The fourth-order valence-corrected chi connectivity index (χ4v) is 7.72. The summed E-state index contributed by atoms with van der Waals surface area (Å²) in [6, 6.07) is 3.93. The molecular weight excluding hydrogens is 542 g/mol. The third-order valence-corrected chi connectivity index (χ3v) is 9.97. The summed E-state index contributed by atoms with van der Waals surface area (Å²) in [5.41, 5.74) is 3.60. The molecule has 12 heteroatoms. The van der Waals surface area contributed by atoms with Gasteiger partial charge in [-0.1, -0.05) is 0 Å². The summed E-state index contributed by atoms with van der Waals surface area (Å²) in [4.78, 5) is 36.1. The minimum atomic E-state index is -3.35. The van der Waals surface area contributed by atoms with Crippen molar-refractivity contribution in [1.82, 2.24) is 35.3 Å². The Morgan fingerprint density at radius 2 is 1.90 bits per heavy atom. The SMILES string of the molecule is Cc1cc(C)c(CNC(=O)c2cc(C3CCN(C4CCNCC4)[C@H](S(C)(=O)=O)C3)nc3c2cnn3C(C)C)c(=O)[nH]1. The molecule has 1 unspecified atom stereocenters. The van der Waals surface area contributed by atoms with Crippen LogP contribution in [0.4, 0.5) is 0 Å². The van der Waals surface area contributed by atoms with Crippen molar-refractivity contribution in [2.24, 2.45) is 0 Å². The van der Waals surface area contributed by atoms with Gasteiger partial charge in [0.25, 0.3) is 11.5 Å². The molecule has 0 radical (unpaired) electrons. The van der Waals surface area contributed by atoms with Crippen LogP contribution in [0.25, 0.3) is 11.0 Å². The van der Waals surface area contributed by atoms with Crippen molar-refractivity contribution in [1.29, 1.82) is 0 Å². The van der Waals surface area contributed by atoms with Gasteiger partial charge in [-0.15, -0.1) is 0 Å². The Kier molecular flexibility index (Phi) is 8.36. The second-order valence-corrected chi connectivity index (χ2v) is 14.1. The standard InChI is InChI=1S/C29H41N7O4S/c1-17(2)36-27-24(16-32-36)22(28(37)31-15-23-18(3)12-19(4)33-29(23)38)14-25(34-27)20-8-11-35(21-6-9-30-10-7-21)26(13-20)41(5,39)40/h12,14,16-17,20-21,26,30H,6-11,13,15H2,1-5H3,(H,31,37)(H,33,38)/t20?,26-/m1/s1. The third-order valence-electron chi connectivity index (χ3n) is 8.52. The minimum absolute atomic E-state index is 0.0189. The number of aryl methyl sites for hydroxylation is 2. The molecule has 1 amide bonds. The van der Waals surface area contributed by atoms with Gasteiger partial charge >= 0.3 is 0 Å². The molecule has 3 aromatic rings. The Balaban J connectivity index is 1.48. The van der Waals surface area contributed by atoms with Crippen molar-refractivity contribution in [3.8, 4) is 0 Å². The van der Waals surface area contributed by atoms with Crippen LogP contribution in [0.2, 0.25) is 0 Å². The highest BCUT2D eigenvalue weighted by atomic mass is 32.2. The number of fused-ring (bicyclic) bond motifs is 1. The molecular formula is C29H41N7O4S. The number of nitrogens with zero attached hydrogens (tertiary/aromatic N) is 4. The monoisotopic (exact) mass is 583 g/mol. The van der Waals surface area contributed by atoms with Gasteiger partial charge in [0.15, 0.2) is 15.5 Å². The zero-order chi connectivity index (χ0) is 29.5. The zero-order valence-electron chi connectivity index (χ0n) is 24.5. The van der Waals surface area contributed by atoms with E-state index in [1.165, 1.54) is 6.26 Å². The molecule has 5 heterocycles. The van der Waals surface area contributed by atoms with Crippen LogP contribution in [0.5, 0.6) is 0 Å². The Morgan fingerprint density at radius 1 is 1.17 bits per heavy atom. The second kappa shape index (κ2) is 11.7. The second-order valence-electron chi connectivity index (χ2n) is 11.9. The highest BCUT2D eigenvalue weighted by Gasteiger charge is 2.40. The first-order valence-electron chi connectivity index (χ1n) is 14.4. The highest BCUT2D eigenvalue weighted by molar-refractivity contribution is 7.91. The fraction of sp³-hybridized carbons (Fsp3) is 0.586. The number of rotatable bonds is 7. The van der Waals surface area contributed by atoms with Crippen LogP contribution in [-0.4, -0.2) is 76.3 Å². The molecule has 41 heavy (non-hydrogen) atoms. The first-order chi connectivity index (χ1) is 19.4. The summed E-state index contributed by atoms with van der Waals surface area (Å²) >= 11 is 0. The minimum Gasteiger partial charge on any atom is -0.348 e. The molecule has 222 valence electrons. The lowest BCUT2D eigenvalue weighted by atomic mass is 9.89. The van der Waals surface area contributed by atoms with Crippen LogP contribution in [0.3, 0.4) is 0 Å². The zero-order valence-corrected chi connectivity index (χ0v) is 25.3. The molecule has 2 aliphatic rings. The number of aromatic amines is 1. The predicted octanol–water partition coefficient (Wildman–Crippen LogP) is 2.55. The first-order valence-corrected chi connectivity index (χ1v) is 16.4. The topological polar surface area (TPSA) is 142 Å². The van der Waals surface area contributed by atoms with E-state index in [2.05, 4.69) is 25.6 Å². The van der Waals surface area contributed by atoms with Crippen molar-refractivity contribution in [3.63, 3.8) is 0 Å². The van der Waals surface area contributed by atoms with E-state index in [0.29, 0.717) is 40.8 Å². The molecule has 2 aliphatic heterocycles. The lowest BCUT2D eigenvalue weighted by molar-refractivity contribution is 0.0951. The van der Waals surface area contributed by atoms with Crippen molar-refractivity contribution in [3.05, 3.63) is 56.8 Å². The van der Waals surface area contributed by atoms with Crippen molar-refractivity contribution < 1.29 is 13.2 Å². The van der Waals surface area contributed by atoms with Crippen LogP contribution >= 0.6 is 0 Å². The van der Waals surface area contributed by atoms with Crippen molar-refractivity contribution in [2.75, 3.05) is 25.9 Å². The van der Waals surface area contributed by atoms with Gasteiger partial charge in [-0.2, -0.15) is 5.10 Å². The molecule has 2 saturated heterocycles. The van der Waals surface area contributed by atoms with Crippen LogP contribution < -0.4 is 16.2 Å². The van der Waals surface area contributed by atoms with Gasteiger partial charge < -0.3 is 15.6 Å². The summed E-state index contributed by atoms with van der Waals surface area (Å²) in [7, 11) is -3.35. The third kappa shape index (κ3) is 6.09. The van der Waals surface area contributed by atoms with Crippen LogP contribution in [-0.2, 0) is 16.4 Å². The number of likely N-dealkylation sites (tertiary alicyclic amines) is 1. The smallest absolute Gasteiger partial charge is 0.253 e. The lowest BCUT2D eigenvalue weighted by Crippen LogP contribution is -2.53. The van der Waals surface area contributed by atoms with Gasteiger partial charge in [0.1, 0.15) is 5.37 Å². The number of H-pyrrole nitrogens is 1. The Labute approximate surface area is 241 Å². The molecule has 3 N–H and O–H groups in total. The average Bonchev–Trinajstić information content (AvgIpc) is 3.36. The quantitative estimate of drug-likeness (QED) is 0.385. The van der Waals surface area contributed by atoms with E-state index in [4.69, 9.17) is 4.98 Å². The highest BCUT2D eigenvalue weighted by Crippen LogP contribution is 2.36. The molecule has 5 rings (SSSR count). The molecule has 11 nitrogen and oxygen atoms in total. The molecule has 0 aliphatic carbocycles. The van der Waals surface area contributed by atoms with Crippen LogP contribution in [0, 0.1) is 13.8 Å². The number of pyridine rings is 2. The maximum absolute atomic E-state index is 13.6. The summed E-state index contributed by atoms with van der Waals surface area (Å²) in [5, 5.41) is 10.8. The van der Waals surface area contributed by atoms with Gasteiger partial charge in [0.2, 0.25) is 0 Å². The van der Waals surface area contributed by atoms with Gasteiger partial charge in [-0.3, -0.25) is 14.5 Å². The number of aromatic nitrogens is 4. The molecule has 0 aromatic carbocycles. The Bertz CT molecular complexity index is 1610. The Morgan fingerprint density at radius 3 is 2.56 bits per heavy atom. The van der Waals surface area contributed by atoms with Gasteiger partial charge in [0.05, 0.1) is 17.1 Å². The van der Waals surface area contributed by atoms with Gasteiger partial charge in [0, 0.05) is 54.3 Å². The molecule has 2 fully saturated rings. The first kappa shape index (κ1) is 29.4. The van der Waals surface area contributed by atoms with E-state index in [0.717, 1.165) is 43.6 Å². The summed E-state index contributed by atoms with van der Waals surface area (Å²) in [6.45, 7) is 10.2. The van der Waals surface area contributed by atoms with Crippen molar-refractivity contribution in [2.45, 2.75) is 83.3 Å². The lowest BCUT2D eigenvalue weighted by Gasteiger charge is -2.44. The van der Waals surface area contributed by atoms with E-state index >= 15 is 0 Å². The number of hydrogen-bond acceptors (Lipinski definition) is 8. The van der Waals surface area contributed by atoms with E-state index in [1.807, 2.05) is 33.8 Å². The molecule has 0 spiro atoms. The maximum atomic E-state index is 13.6. The van der Waals surface area contributed by atoms with E-state index in [-0.39, 0.29) is 36.0 Å². The Hall–Kier alpha value is -3.09. The van der Waals surface area contributed by atoms with Gasteiger partial charge in [-0.05, 0) is 84.2 Å². The molecule has 2 atom stereocenters. The fourth-order valence-electron chi connectivity index (χ4n) is 6.37. The number of hydrogen-bond donors (Lipinski definition) is 3. The summed E-state index contributed by atoms with van der Waals surface area (Å²) in [6.07, 6.45) is 6.03. The predicted molar refractivity (Wildman–Crippen MR) is 159 cm³/mol. The van der Waals surface area contributed by atoms with Crippen molar-refractivity contribution >= 4 is 26.8 Å². The molecule has 0 bridgehead atoms. The number of piperidine rings is 2. The number of carbonyl (C=O) groups excluding carboxylic acids is 1. The van der Waals surface area contributed by atoms with Crippen LogP contribution in [0.1, 0.15) is 84.4 Å². The summed E-state index contributed by atoms with van der Waals surface area (Å²) in [5.74, 6) is -0.450. The average molecular weight is 584 g/mol. The number of nitrogens with one attached hydrogen (secondary N) is 3. The number of amides is 1. The summed E-state index contributed by atoms with van der Waals surface area (Å²) < 4.78 is 27.8. The van der Waals surface area contributed by atoms with E-state index in [9.17, 15) is 18.0 Å². The van der Waals surface area contributed by atoms with Crippen LogP contribution in [0.15, 0.2) is 23.1 Å². The largest absolute Gasteiger partial charge is 0.348 e. The molecule has 0 saturated carbocycles. The van der Waals surface area contributed by atoms with Gasteiger partial charge in [-0.25, -0.2) is 18.1 Å². The molecule has 3 aromatic heterocycles. The number of carbonyl (C=O) groups is 1.